The number of hydrogen-bond donors (Lipinski definition) is 1. The van der Waals surface area contributed by atoms with Crippen LogP contribution in [0.3, 0.4) is 0 Å². The van der Waals surface area contributed by atoms with Crippen molar-refractivity contribution in [3.8, 4) is 0 Å². The first-order valence-corrected chi connectivity index (χ1v) is 6.77. The van der Waals surface area contributed by atoms with Crippen LogP contribution in [0.2, 0.25) is 0 Å². The van der Waals surface area contributed by atoms with E-state index in [0.717, 1.165) is 34.8 Å². The van der Waals surface area contributed by atoms with Crippen LogP contribution in [0.25, 0.3) is 11.0 Å². The molecule has 3 nitrogen and oxygen atoms in total. The lowest BCUT2D eigenvalue weighted by molar-refractivity contribution is 0.615. The predicted octanol–water partition coefficient (Wildman–Crippen LogP) is 3.49. The lowest BCUT2D eigenvalue weighted by Crippen LogP contribution is -2.12. The van der Waals surface area contributed by atoms with Gasteiger partial charge in [-0.25, -0.2) is 4.98 Å². The Hall–Kier alpha value is -1.65. The van der Waals surface area contributed by atoms with Gasteiger partial charge in [0.15, 0.2) is 0 Å². The molecule has 18 heavy (non-hydrogen) atoms. The van der Waals surface area contributed by atoms with Crippen molar-refractivity contribution >= 4 is 22.3 Å². The molecule has 0 saturated heterocycles. The third-order valence-electron chi connectivity index (χ3n) is 2.82. The van der Waals surface area contributed by atoms with E-state index in [9.17, 15) is 0 Å². The summed E-state index contributed by atoms with van der Waals surface area (Å²) in [6.07, 6.45) is 1.72. The number of benzene rings is 1. The van der Waals surface area contributed by atoms with E-state index in [1.54, 1.807) is 17.6 Å². The highest BCUT2D eigenvalue weighted by Gasteiger charge is 2.00. The topological polar surface area (TPSA) is 38.1 Å². The number of nitrogens with one attached hydrogen (secondary N) is 1. The van der Waals surface area contributed by atoms with E-state index in [1.165, 1.54) is 5.56 Å². The Morgan fingerprint density at radius 2 is 2.22 bits per heavy atom. The summed E-state index contributed by atoms with van der Waals surface area (Å²) in [5, 5.41) is 7.77. The van der Waals surface area contributed by atoms with E-state index in [1.807, 2.05) is 19.1 Å². The highest BCUT2D eigenvalue weighted by Crippen LogP contribution is 2.17. The van der Waals surface area contributed by atoms with Gasteiger partial charge in [-0.15, -0.1) is 11.3 Å². The van der Waals surface area contributed by atoms with Crippen LogP contribution in [0.1, 0.15) is 16.3 Å². The second-order valence-corrected chi connectivity index (χ2v) is 5.32. The van der Waals surface area contributed by atoms with Gasteiger partial charge in [-0.3, -0.25) is 0 Å². The zero-order chi connectivity index (χ0) is 12.4. The zero-order valence-electron chi connectivity index (χ0n) is 10.1. The van der Waals surface area contributed by atoms with Crippen LogP contribution in [-0.2, 0) is 13.1 Å². The minimum Gasteiger partial charge on any atom is -0.464 e. The van der Waals surface area contributed by atoms with Crippen LogP contribution in [0.4, 0.5) is 0 Å². The Morgan fingerprint density at radius 3 is 3.06 bits per heavy atom. The summed E-state index contributed by atoms with van der Waals surface area (Å²) in [7, 11) is 0. The fourth-order valence-corrected chi connectivity index (χ4v) is 2.56. The maximum absolute atomic E-state index is 5.32. The molecule has 2 aromatic heterocycles. The Labute approximate surface area is 109 Å². The van der Waals surface area contributed by atoms with Crippen LogP contribution in [0.15, 0.2) is 40.3 Å². The molecule has 0 bridgehead atoms. The van der Waals surface area contributed by atoms with Crippen LogP contribution in [-0.4, -0.2) is 4.98 Å². The smallest absolute Gasteiger partial charge is 0.133 e. The van der Waals surface area contributed by atoms with Gasteiger partial charge in [0.1, 0.15) is 5.58 Å². The summed E-state index contributed by atoms with van der Waals surface area (Å²) >= 11 is 1.69. The van der Waals surface area contributed by atoms with Crippen molar-refractivity contribution in [3.63, 3.8) is 0 Å². The molecule has 0 aliphatic heterocycles. The Morgan fingerprint density at radius 1 is 1.28 bits per heavy atom. The third kappa shape index (κ3) is 2.44. The molecule has 3 rings (SSSR count). The lowest BCUT2D eigenvalue weighted by atomic mass is 10.1. The number of hydrogen-bond acceptors (Lipinski definition) is 4. The van der Waals surface area contributed by atoms with Gasteiger partial charge >= 0.3 is 0 Å². The van der Waals surface area contributed by atoms with Gasteiger partial charge in [-0.1, -0.05) is 6.07 Å². The Bertz CT molecular complexity index is 656. The van der Waals surface area contributed by atoms with Gasteiger partial charge in [-0.05, 0) is 30.7 Å². The maximum atomic E-state index is 5.32. The van der Waals surface area contributed by atoms with E-state index in [2.05, 4.69) is 27.8 Å². The molecule has 0 fully saturated rings. The molecule has 0 spiro atoms. The highest BCUT2D eigenvalue weighted by molar-refractivity contribution is 7.09. The highest BCUT2D eigenvalue weighted by atomic mass is 32.1. The molecule has 0 aliphatic carbocycles. The predicted molar refractivity (Wildman–Crippen MR) is 73.6 cm³/mol. The first kappa shape index (κ1) is 11.4. The molecule has 0 atom stereocenters. The first-order valence-electron chi connectivity index (χ1n) is 5.89. The lowest BCUT2D eigenvalue weighted by Gasteiger charge is -2.03. The third-order valence-corrected chi connectivity index (χ3v) is 3.64. The summed E-state index contributed by atoms with van der Waals surface area (Å²) in [5.74, 6) is 0. The van der Waals surface area contributed by atoms with E-state index in [-0.39, 0.29) is 0 Å². The minimum absolute atomic E-state index is 0.813. The number of rotatable bonds is 4. The molecule has 0 amide bonds. The molecule has 4 heteroatoms. The quantitative estimate of drug-likeness (QED) is 0.778. The normalized spacial score (nSPS) is 11.2. The van der Waals surface area contributed by atoms with Crippen molar-refractivity contribution in [2.24, 2.45) is 0 Å². The molecule has 0 unspecified atom stereocenters. The first-order chi connectivity index (χ1) is 8.81. The molecule has 1 aromatic carbocycles. The average Bonchev–Trinajstić information content (AvgIpc) is 2.97. The second-order valence-electron chi connectivity index (χ2n) is 4.25. The van der Waals surface area contributed by atoms with E-state index in [0.29, 0.717) is 0 Å². The van der Waals surface area contributed by atoms with Gasteiger partial charge in [-0.2, -0.15) is 0 Å². The molecule has 0 radical (unpaired) electrons. The number of thiazole rings is 1. The Balaban J connectivity index is 1.62. The summed E-state index contributed by atoms with van der Waals surface area (Å²) in [4.78, 5) is 4.42. The molecule has 1 N–H and O–H groups in total. The number of nitrogens with zero attached hydrogens (tertiary/aromatic N) is 1. The van der Waals surface area contributed by atoms with Crippen molar-refractivity contribution in [1.29, 1.82) is 0 Å². The second kappa shape index (κ2) is 4.92. The van der Waals surface area contributed by atoms with Gasteiger partial charge < -0.3 is 9.73 Å². The van der Waals surface area contributed by atoms with Crippen LogP contribution < -0.4 is 5.32 Å². The molecule has 3 aromatic rings. The van der Waals surface area contributed by atoms with Gasteiger partial charge in [0.25, 0.3) is 0 Å². The molecule has 0 saturated carbocycles. The fourth-order valence-electron chi connectivity index (χ4n) is 1.95. The van der Waals surface area contributed by atoms with Crippen molar-refractivity contribution < 1.29 is 4.42 Å². The number of aryl methyl sites for hydroxylation is 1. The fraction of sp³-hybridized carbons (Fsp3) is 0.214. The van der Waals surface area contributed by atoms with E-state index < -0.39 is 0 Å². The SMILES string of the molecule is Cc1nc(CNCc2ccc3occc3c2)cs1. The van der Waals surface area contributed by atoms with Crippen molar-refractivity contribution in [3.05, 3.63) is 52.2 Å². The van der Waals surface area contributed by atoms with E-state index >= 15 is 0 Å². The van der Waals surface area contributed by atoms with Crippen LogP contribution >= 0.6 is 11.3 Å². The number of aromatic nitrogens is 1. The summed E-state index contributed by atoms with van der Waals surface area (Å²) < 4.78 is 5.32. The molecular weight excluding hydrogens is 244 g/mol. The maximum Gasteiger partial charge on any atom is 0.133 e. The molecule has 92 valence electrons. The Kier molecular flexibility index (Phi) is 3.13. The number of fused-ring (bicyclic) bond motifs is 1. The standard InChI is InChI=1S/C14H14N2OS/c1-10-16-13(9-18-10)8-15-7-11-2-3-14-12(6-11)4-5-17-14/h2-6,9,15H,7-8H2,1H3. The van der Waals surface area contributed by atoms with Crippen molar-refractivity contribution in [1.82, 2.24) is 10.3 Å². The van der Waals surface area contributed by atoms with Gasteiger partial charge in [0.05, 0.1) is 17.0 Å². The molecular formula is C14H14N2OS. The number of furan rings is 1. The summed E-state index contributed by atoms with van der Waals surface area (Å²) in [5.41, 5.74) is 3.31. The average molecular weight is 258 g/mol. The largest absolute Gasteiger partial charge is 0.464 e. The minimum atomic E-state index is 0.813. The van der Waals surface area contributed by atoms with Crippen LogP contribution in [0, 0.1) is 6.92 Å². The van der Waals surface area contributed by atoms with Gasteiger partial charge in [0, 0.05) is 23.9 Å². The molecule has 2 heterocycles. The zero-order valence-corrected chi connectivity index (χ0v) is 11.0. The summed E-state index contributed by atoms with van der Waals surface area (Å²) in [6.45, 7) is 3.69. The summed E-state index contributed by atoms with van der Waals surface area (Å²) in [6, 6.07) is 8.24. The van der Waals surface area contributed by atoms with E-state index in [4.69, 9.17) is 4.42 Å². The monoisotopic (exact) mass is 258 g/mol. The van der Waals surface area contributed by atoms with Crippen LogP contribution in [0.5, 0.6) is 0 Å². The van der Waals surface area contributed by atoms with Crippen molar-refractivity contribution in [2.45, 2.75) is 20.0 Å². The molecule has 0 aliphatic rings. The van der Waals surface area contributed by atoms with Crippen molar-refractivity contribution in [2.75, 3.05) is 0 Å². The van der Waals surface area contributed by atoms with Gasteiger partial charge in [0.2, 0.25) is 0 Å².